The highest BCUT2D eigenvalue weighted by atomic mass is 16.3. The average molecular weight is 234 g/mol. The minimum absolute atomic E-state index is 0.143. The van der Waals surface area contributed by atoms with Crippen molar-refractivity contribution in [2.75, 3.05) is 17.6 Å². The summed E-state index contributed by atoms with van der Waals surface area (Å²) in [5.41, 5.74) is 10.2. The summed E-state index contributed by atoms with van der Waals surface area (Å²) in [6.07, 6.45) is 3.04. The van der Waals surface area contributed by atoms with Gasteiger partial charge in [0.2, 0.25) is 0 Å². The van der Waals surface area contributed by atoms with Crippen LogP contribution >= 0.6 is 0 Å². The zero-order chi connectivity index (χ0) is 12.4. The highest BCUT2D eigenvalue weighted by Gasteiger charge is 2.24. The van der Waals surface area contributed by atoms with Gasteiger partial charge in [-0.15, -0.1) is 0 Å². The first-order chi connectivity index (χ1) is 8.08. The topological polar surface area (TPSA) is 58.3 Å². The van der Waals surface area contributed by atoms with Crippen molar-refractivity contribution >= 4 is 11.4 Å². The Morgan fingerprint density at radius 1 is 1.29 bits per heavy atom. The second-order valence-corrected chi connectivity index (χ2v) is 5.16. The Bertz CT molecular complexity index is 403. The Balaban J connectivity index is 2.01. The monoisotopic (exact) mass is 234 g/mol. The third-order valence-electron chi connectivity index (χ3n) is 3.84. The Morgan fingerprint density at radius 2 is 2.00 bits per heavy atom. The van der Waals surface area contributed by atoms with E-state index >= 15 is 0 Å². The number of hydrogen-bond donors (Lipinski definition) is 3. The summed E-state index contributed by atoms with van der Waals surface area (Å²) >= 11 is 0. The van der Waals surface area contributed by atoms with Crippen molar-refractivity contribution in [3.05, 3.63) is 23.3 Å². The zero-order valence-electron chi connectivity index (χ0n) is 10.7. The summed E-state index contributed by atoms with van der Waals surface area (Å²) in [6, 6.07) is 4.09. The predicted molar refractivity (Wildman–Crippen MR) is 72.2 cm³/mol. The van der Waals surface area contributed by atoms with Crippen LogP contribution in [0, 0.1) is 19.8 Å². The lowest BCUT2D eigenvalue weighted by Gasteiger charge is -2.18. The van der Waals surface area contributed by atoms with E-state index in [2.05, 4.69) is 25.2 Å². The average Bonchev–Trinajstić information content (AvgIpc) is 2.68. The zero-order valence-corrected chi connectivity index (χ0v) is 10.7. The molecule has 0 radical (unpaired) electrons. The van der Waals surface area contributed by atoms with E-state index in [1.807, 2.05) is 6.07 Å². The fourth-order valence-electron chi connectivity index (χ4n) is 2.49. The van der Waals surface area contributed by atoms with Gasteiger partial charge in [0.1, 0.15) is 0 Å². The molecule has 3 nitrogen and oxygen atoms in total. The lowest BCUT2D eigenvalue weighted by atomic mass is 10.0. The smallest absolute Gasteiger partial charge is 0.0585 e. The van der Waals surface area contributed by atoms with Crippen molar-refractivity contribution in [2.24, 2.45) is 5.92 Å². The molecule has 2 rings (SSSR count). The molecule has 1 aromatic carbocycles. The molecule has 2 atom stereocenters. The summed E-state index contributed by atoms with van der Waals surface area (Å²) in [6.45, 7) is 4.97. The number of nitrogens with one attached hydrogen (secondary N) is 1. The number of nitrogen functional groups attached to an aromatic ring is 1. The van der Waals surface area contributed by atoms with Crippen molar-refractivity contribution in [2.45, 2.75) is 39.2 Å². The lowest BCUT2D eigenvalue weighted by molar-refractivity contribution is 0.138. The van der Waals surface area contributed by atoms with E-state index in [0.717, 1.165) is 37.2 Å². The summed E-state index contributed by atoms with van der Waals surface area (Å²) in [5, 5.41) is 13.1. The Hall–Kier alpha value is -1.22. The molecule has 0 heterocycles. The van der Waals surface area contributed by atoms with Crippen molar-refractivity contribution in [3.63, 3.8) is 0 Å². The van der Waals surface area contributed by atoms with E-state index in [-0.39, 0.29) is 6.10 Å². The van der Waals surface area contributed by atoms with Crippen LogP contribution in [0.2, 0.25) is 0 Å². The second kappa shape index (κ2) is 4.96. The summed E-state index contributed by atoms with van der Waals surface area (Å²) in [4.78, 5) is 0. The van der Waals surface area contributed by atoms with Crippen molar-refractivity contribution in [1.29, 1.82) is 0 Å². The van der Waals surface area contributed by atoms with Crippen LogP contribution in [-0.4, -0.2) is 17.8 Å². The van der Waals surface area contributed by atoms with Crippen LogP contribution < -0.4 is 11.1 Å². The number of aryl methyl sites for hydroxylation is 2. The molecule has 0 aliphatic heterocycles. The van der Waals surface area contributed by atoms with Gasteiger partial charge in [-0.1, -0.05) is 6.42 Å². The molecular weight excluding hydrogens is 212 g/mol. The maximum absolute atomic E-state index is 9.76. The first-order valence-corrected chi connectivity index (χ1v) is 6.36. The van der Waals surface area contributed by atoms with E-state index in [1.165, 1.54) is 11.1 Å². The fourth-order valence-corrected chi connectivity index (χ4v) is 2.49. The number of rotatable bonds is 3. The molecule has 2 unspecified atom stereocenters. The molecule has 1 aliphatic carbocycles. The van der Waals surface area contributed by atoms with Gasteiger partial charge < -0.3 is 16.2 Å². The molecular formula is C14H22N2O. The standard InChI is InChI=1S/C14H22N2O/c1-9-6-12(15)13(7-10(9)2)16-8-11-4-3-5-14(11)17/h6-7,11,14,16-17H,3-5,8,15H2,1-2H3. The third kappa shape index (κ3) is 2.72. The molecule has 0 amide bonds. The molecule has 94 valence electrons. The summed E-state index contributed by atoms with van der Waals surface area (Å²) in [7, 11) is 0. The molecule has 1 aliphatic rings. The molecule has 17 heavy (non-hydrogen) atoms. The fraction of sp³-hybridized carbons (Fsp3) is 0.571. The molecule has 1 fully saturated rings. The molecule has 0 aromatic heterocycles. The van der Waals surface area contributed by atoms with E-state index < -0.39 is 0 Å². The van der Waals surface area contributed by atoms with E-state index in [9.17, 15) is 5.11 Å². The molecule has 1 saturated carbocycles. The van der Waals surface area contributed by atoms with Crippen molar-refractivity contribution in [1.82, 2.24) is 0 Å². The third-order valence-corrected chi connectivity index (χ3v) is 3.84. The van der Waals surface area contributed by atoms with Gasteiger partial charge in [0, 0.05) is 12.5 Å². The molecule has 4 N–H and O–H groups in total. The SMILES string of the molecule is Cc1cc(N)c(NCC2CCCC2O)cc1C. The Kier molecular flexibility index (Phi) is 3.57. The lowest BCUT2D eigenvalue weighted by Crippen LogP contribution is -2.22. The van der Waals surface area contributed by atoms with Crippen molar-refractivity contribution in [3.8, 4) is 0 Å². The molecule has 0 saturated heterocycles. The highest BCUT2D eigenvalue weighted by molar-refractivity contribution is 5.68. The quantitative estimate of drug-likeness (QED) is 0.704. The van der Waals surface area contributed by atoms with Crippen LogP contribution in [0.5, 0.6) is 0 Å². The van der Waals surface area contributed by atoms with Crippen LogP contribution in [0.25, 0.3) is 0 Å². The number of benzene rings is 1. The number of nitrogens with two attached hydrogens (primary N) is 1. The molecule has 0 spiro atoms. The largest absolute Gasteiger partial charge is 0.397 e. The van der Waals surface area contributed by atoms with Gasteiger partial charge in [-0.05, 0) is 49.9 Å². The maximum Gasteiger partial charge on any atom is 0.0585 e. The van der Waals surface area contributed by atoms with Crippen molar-refractivity contribution < 1.29 is 5.11 Å². The molecule has 0 bridgehead atoms. The van der Waals surface area contributed by atoms with Crippen LogP contribution in [0.3, 0.4) is 0 Å². The maximum atomic E-state index is 9.76. The van der Waals surface area contributed by atoms with Gasteiger partial charge >= 0.3 is 0 Å². The molecule has 1 aromatic rings. The van der Waals surface area contributed by atoms with Gasteiger partial charge in [-0.3, -0.25) is 0 Å². The van der Waals surface area contributed by atoms with Crippen LogP contribution in [0.4, 0.5) is 11.4 Å². The number of anilines is 2. The summed E-state index contributed by atoms with van der Waals surface area (Å²) < 4.78 is 0. The van der Waals surface area contributed by atoms with E-state index in [1.54, 1.807) is 0 Å². The van der Waals surface area contributed by atoms with Crippen LogP contribution in [-0.2, 0) is 0 Å². The van der Waals surface area contributed by atoms with E-state index in [0.29, 0.717) is 5.92 Å². The minimum atomic E-state index is -0.143. The van der Waals surface area contributed by atoms with Gasteiger partial charge in [0.25, 0.3) is 0 Å². The summed E-state index contributed by atoms with van der Waals surface area (Å²) in [5.74, 6) is 0.371. The highest BCUT2D eigenvalue weighted by Crippen LogP contribution is 2.28. The number of hydrogen-bond acceptors (Lipinski definition) is 3. The number of aliphatic hydroxyl groups is 1. The normalized spacial score (nSPS) is 23.9. The van der Waals surface area contributed by atoms with Gasteiger partial charge in [-0.2, -0.15) is 0 Å². The van der Waals surface area contributed by atoms with E-state index in [4.69, 9.17) is 5.73 Å². The Morgan fingerprint density at radius 3 is 2.65 bits per heavy atom. The van der Waals surface area contributed by atoms with Crippen LogP contribution in [0.1, 0.15) is 30.4 Å². The molecule has 3 heteroatoms. The van der Waals surface area contributed by atoms with Gasteiger partial charge in [0.15, 0.2) is 0 Å². The predicted octanol–water partition coefficient (Wildman–Crippen LogP) is 2.46. The first-order valence-electron chi connectivity index (χ1n) is 6.36. The Labute approximate surface area is 103 Å². The van der Waals surface area contributed by atoms with Crippen LogP contribution in [0.15, 0.2) is 12.1 Å². The van der Waals surface area contributed by atoms with Gasteiger partial charge in [-0.25, -0.2) is 0 Å². The van der Waals surface area contributed by atoms with Gasteiger partial charge in [0.05, 0.1) is 17.5 Å². The second-order valence-electron chi connectivity index (χ2n) is 5.16. The first kappa shape index (κ1) is 12.2. The minimum Gasteiger partial charge on any atom is -0.397 e. The number of aliphatic hydroxyl groups excluding tert-OH is 1.